The van der Waals surface area contributed by atoms with Gasteiger partial charge in [0, 0.05) is 20.0 Å². The molecule has 0 radical (unpaired) electrons. The molecule has 0 fully saturated rings. The Kier molecular flexibility index (Phi) is 17.0. The lowest BCUT2D eigenvalue weighted by molar-refractivity contribution is -0.143. The largest absolute Gasteiger partial charge is 0.466 e. The third-order valence-corrected chi connectivity index (χ3v) is 1.79. The summed E-state index contributed by atoms with van der Waals surface area (Å²) < 4.78 is 14.3. The van der Waals surface area contributed by atoms with E-state index in [1.165, 1.54) is 6.92 Å². The molecular weight excluding hydrogens is 236 g/mol. The van der Waals surface area contributed by atoms with E-state index in [0.29, 0.717) is 32.8 Å². The maximum Gasteiger partial charge on any atom is 0.305 e. The van der Waals surface area contributed by atoms with Gasteiger partial charge in [-0.1, -0.05) is 20.3 Å². The van der Waals surface area contributed by atoms with Gasteiger partial charge in [0.2, 0.25) is 0 Å². The number of unbranched alkanes of at least 4 members (excludes halogenated alkanes) is 1. The first-order valence-corrected chi connectivity index (χ1v) is 6.45. The van der Waals surface area contributed by atoms with Crippen LogP contribution in [0.2, 0.25) is 0 Å². The molecule has 0 aromatic carbocycles. The van der Waals surface area contributed by atoms with E-state index in [1.54, 1.807) is 6.92 Å². The topological polar surface area (TPSA) is 61.8 Å². The molecule has 0 rings (SSSR count). The lowest BCUT2D eigenvalue weighted by Crippen LogP contribution is -2.06. The maximum absolute atomic E-state index is 10.5. The Morgan fingerprint density at radius 3 is 2.06 bits per heavy atom. The van der Waals surface area contributed by atoms with Crippen LogP contribution >= 0.6 is 0 Å². The van der Waals surface area contributed by atoms with Gasteiger partial charge >= 0.3 is 11.9 Å². The van der Waals surface area contributed by atoms with Crippen molar-refractivity contribution in [2.45, 2.75) is 47.0 Å². The van der Waals surface area contributed by atoms with E-state index < -0.39 is 0 Å². The molecule has 0 aliphatic heterocycles. The molecule has 5 nitrogen and oxygen atoms in total. The standard InChI is InChI=1S/C7H14O2.C6H12O3/c1-3-5-6-9-7(8)4-2;1-3-8-4-5-9-6(2)7/h3-6H2,1-2H3;3-5H2,1-2H3. The lowest BCUT2D eigenvalue weighted by Gasteiger charge is -1.99. The first-order valence-electron chi connectivity index (χ1n) is 6.45. The highest BCUT2D eigenvalue weighted by molar-refractivity contribution is 5.68. The summed E-state index contributed by atoms with van der Waals surface area (Å²) in [5, 5.41) is 0. The Morgan fingerprint density at radius 1 is 0.944 bits per heavy atom. The van der Waals surface area contributed by atoms with E-state index in [0.717, 1.165) is 12.8 Å². The van der Waals surface area contributed by atoms with E-state index in [9.17, 15) is 9.59 Å². The predicted octanol–water partition coefficient (Wildman–Crippen LogP) is 2.33. The Hall–Kier alpha value is -1.10. The first kappa shape index (κ1) is 19.2. The van der Waals surface area contributed by atoms with Crippen molar-refractivity contribution in [3.63, 3.8) is 0 Å². The van der Waals surface area contributed by atoms with Gasteiger partial charge in [-0.15, -0.1) is 0 Å². The molecule has 0 N–H and O–H groups in total. The van der Waals surface area contributed by atoms with Crippen LogP contribution in [0.25, 0.3) is 0 Å². The summed E-state index contributed by atoms with van der Waals surface area (Å²) in [4.78, 5) is 20.6. The van der Waals surface area contributed by atoms with Gasteiger partial charge in [0.05, 0.1) is 13.2 Å². The zero-order valence-electron chi connectivity index (χ0n) is 12.0. The molecule has 0 spiro atoms. The third-order valence-electron chi connectivity index (χ3n) is 1.79. The Morgan fingerprint density at radius 2 is 1.61 bits per heavy atom. The van der Waals surface area contributed by atoms with Crippen molar-refractivity contribution in [3.05, 3.63) is 0 Å². The van der Waals surface area contributed by atoms with Crippen LogP contribution in [0.5, 0.6) is 0 Å². The summed E-state index contributed by atoms with van der Waals surface area (Å²) in [5.74, 6) is -0.349. The van der Waals surface area contributed by atoms with Crippen molar-refractivity contribution in [2.24, 2.45) is 0 Å². The fourth-order valence-electron chi connectivity index (χ4n) is 0.821. The van der Waals surface area contributed by atoms with Crippen molar-refractivity contribution in [1.29, 1.82) is 0 Å². The Balaban J connectivity index is 0. The lowest BCUT2D eigenvalue weighted by atomic mass is 10.4. The minimum absolute atomic E-state index is 0.0940. The number of hydrogen-bond acceptors (Lipinski definition) is 5. The minimum atomic E-state index is -0.255. The molecule has 0 saturated carbocycles. The third kappa shape index (κ3) is 20.3. The molecule has 0 bridgehead atoms. The molecule has 0 atom stereocenters. The normalized spacial score (nSPS) is 9.11. The second-order valence-corrected chi connectivity index (χ2v) is 3.46. The van der Waals surface area contributed by atoms with Crippen LogP contribution in [0.15, 0.2) is 0 Å². The molecule has 5 heteroatoms. The quantitative estimate of drug-likeness (QED) is 0.496. The summed E-state index contributed by atoms with van der Waals surface area (Å²) in [6.07, 6.45) is 2.55. The molecule has 0 saturated heterocycles. The van der Waals surface area contributed by atoms with Crippen LogP contribution in [0.1, 0.15) is 47.0 Å². The zero-order valence-corrected chi connectivity index (χ0v) is 12.0. The van der Waals surface area contributed by atoms with Gasteiger partial charge in [-0.05, 0) is 13.3 Å². The molecule has 0 aliphatic rings. The van der Waals surface area contributed by atoms with Crippen molar-refractivity contribution in [2.75, 3.05) is 26.4 Å². The number of carbonyl (C=O) groups is 2. The average molecular weight is 262 g/mol. The average Bonchev–Trinajstić information content (AvgIpc) is 2.35. The van der Waals surface area contributed by atoms with Gasteiger partial charge in [-0.2, -0.15) is 0 Å². The highest BCUT2D eigenvalue weighted by Crippen LogP contribution is 1.90. The summed E-state index contributed by atoms with van der Waals surface area (Å²) in [6.45, 7) is 9.26. The molecule has 18 heavy (non-hydrogen) atoms. The van der Waals surface area contributed by atoms with Crippen molar-refractivity contribution in [3.8, 4) is 0 Å². The minimum Gasteiger partial charge on any atom is -0.466 e. The molecule has 0 amide bonds. The van der Waals surface area contributed by atoms with Crippen LogP contribution in [0, 0.1) is 0 Å². The second kappa shape index (κ2) is 15.9. The summed E-state index contributed by atoms with van der Waals surface area (Å²) in [5.41, 5.74) is 0. The van der Waals surface area contributed by atoms with Crippen LogP contribution in [0.3, 0.4) is 0 Å². The van der Waals surface area contributed by atoms with E-state index >= 15 is 0 Å². The number of carbonyl (C=O) groups excluding carboxylic acids is 2. The molecular formula is C13H26O5. The van der Waals surface area contributed by atoms with E-state index in [-0.39, 0.29) is 11.9 Å². The molecule has 0 aromatic heterocycles. The Labute approximate surface area is 110 Å². The second-order valence-electron chi connectivity index (χ2n) is 3.46. The molecule has 108 valence electrons. The van der Waals surface area contributed by atoms with Crippen LogP contribution < -0.4 is 0 Å². The van der Waals surface area contributed by atoms with Gasteiger partial charge in [0.15, 0.2) is 0 Å². The maximum atomic E-state index is 10.5. The van der Waals surface area contributed by atoms with Crippen LogP contribution in [-0.4, -0.2) is 38.4 Å². The fourth-order valence-corrected chi connectivity index (χ4v) is 0.821. The van der Waals surface area contributed by atoms with Gasteiger partial charge in [-0.25, -0.2) is 0 Å². The molecule has 0 aliphatic carbocycles. The molecule has 0 heterocycles. The number of rotatable bonds is 8. The van der Waals surface area contributed by atoms with Gasteiger partial charge in [0.1, 0.15) is 6.61 Å². The zero-order chi connectivity index (χ0) is 14.2. The predicted molar refractivity (Wildman–Crippen MR) is 69.3 cm³/mol. The first-order chi connectivity index (χ1) is 8.58. The smallest absolute Gasteiger partial charge is 0.305 e. The van der Waals surface area contributed by atoms with Crippen molar-refractivity contribution >= 4 is 11.9 Å². The SMILES string of the molecule is CCCCOC(=O)CC.CCOCCOC(C)=O. The number of esters is 2. The van der Waals surface area contributed by atoms with Gasteiger partial charge in [0.25, 0.3) is 0 Å². The monoisotopic (exact) mass is 262 g/mol. The summed E-state index contributed by atoms with van der Waals surface area (Å²) in [7, 11) is 0. The van der Waals surface area contributed by atoms with E-state index in [2.05, 4.69) is 11.7 Å². The van der Waals surface area contributed by atoms with Gasteiger partial charge in [-0.3, -0.25) is 9.59 Å². The highest BCUT2D eigenvalue weighted by atomic mass is 16.6. The number of ether oxygens (including phenoxy) is 3. The summed E-state index contributed by atoms with van der Waals surface area (Å²) >= 11 is 0. The number of hydrogen-bond donors (Lipinski definition) is 0. The molecule has 0 unspecified atom stereocenters. The summed E-state index contributed by atoms with van der Waals surface area (Å²) in [6, 6.07) is 0. The molecule has 0 aromatic rings. The highest BCUT2D eigenvalue weighted by Gasteiger charge is 1.94. The fraction of sp³-hybridized carbons (Fsp3) is 0.846. The Bertz CT molecular complexity index is 204. The van der Waals surface area contributed by atoms with Gasteiger partial charge < -0.3 is 14.2 Å². The van der Waals surface area contributed by atoms with E-state index in [1.807, 2.05) is 6.92 Å². The van der Waals surface area contributed by atoms with Crippen molar-refractivity contribution < 1.29 is 23.8 Å². The van der Waals surface area contributed by atoms with Crippen LogP contribution in [-0.2, 0) is 23.8 Å². The van der Waals surface area contributed by atoms with Crippen LogP contribution in [0.4, 0.5) is 0 Å². The van der Waals surface area contributed by atoms with E-state index in [4.69, 9.17) is 9.47 Å². The van der Waals surface area contributed by atoms with Crippen molar-refractivity contribution in [1.82, 2.24) is 0 Å².